The Morgan fingerprint density at radius 2 is 0.674 bits per heavy atom. The van der Waals surface area contributed by atoms with Crippen molar-refractivity contribution in [2.45, 2.75) is 0 Å². The Labute approximate surface area is 249 Å². The Morgan fingerprint density at radius 1 is 0.372 bits per heavy atom. The molecular formula is C30H23O10P3+2. The number of hydrogen-bond donors (Lipinski definition) is 0. The van der Waals surface area contributed by atoms with E-state index in [0.29, 0.717) is 11.5 Å². The second kappa shape index (κ2) is 14.3. The van der Waals surface area contributed by atoms with Crippen LogP contribution in [-0.4, -0.2) is 0 Å². The van der Waals surface area contributed by atoms with Crippen molar-refractivity contribution in [2.24, 2.45) is 0 Å². The predicted octanol–water partition coefficient (Wildman–Crippen LogP) is 9.56. The standard InChI is InChI=1S/C30H23O10P3/c31-41(34-24-12-4-1-5-13-24)36-27-18-10-20-29(22-27)39-43(33,38-26-16-8-3-9-17-26)40-30-21-11-19-28(23-30)37-42(32)35-25-14-6-2-7-15-25/h1-23H/q+2. The van der Waals surface area contributed by atoms with Crippen LogP contribution >= 0.6 is 24.3 Å². The first kappa shape index (κ1) is 29.6. The predicted molar refractivity (Wildman–Crippen MR) is 159 cm³/mol. The van der Waals surface area contributed by atoms with Crippen LogP contribution in [0.3, 0.4) is 0 Å². The molecule has 0 aliphatic carbocycles. The molecule has 2 atom stereocenters. The SMILES string of the molecule is O=[P+](Oc1ccccc1)Oc1cccc(OP(=O)(Oc2ccccc2)Oc2cccc(O[P+](=O)Oc3ccccc3)c2)c1. The fourth-order valence-electron chi connectivity index (χ4n) is 3.44. The molecule has 0 amide bonds. The summed E-state index contributed by atoms with van der Waals surface area (Å²) in [5.74, 6) is 1.26. The Morgan fingerprint density at radius 3 is 1.09 bits per heavy atom. The number of phosphoric acid groups is 1. The number of phosphoric ester groups is 1. The molecule has 0 saturated carbocycles. The third-order valence-electron chi connectivity index (χ3n) is 5.21. The van der Waals surface area contributed by atoms with Crippen LogP contribution in [0.25, 0.3) is 0 Å². The van der Waals surface area contributed by atoms with Gasteiger partial charge in [-0.1, -0.05) is 66.7 Å². The zero-order valence-corrected chi connectivity index (χ0v) is 24.9. The van der Waals surface area contributed by atoms with Gasteiger partial charge in [0.05, 0.1) is 0 Å². The summed E-state index contributed by atoms with van der Waals surface area (Å²) < 4.78 is 77.2. The highest BCUT2D eigenvalue weighted by Gasteiger charge is 2.34. The maximum absolute atomic E-state index is 14.0. The van der Waals surface area contributed by atoms with Crippen molar-refractivity contribution in [3.8, 4) is 40.2 Å². The van der Waals surface area contributed by atoms with Crippen LogP contribution in [0.4, 0.5) is 0 Å². The van der Waals surface area contributed by atoms with Crippen LogP contribution in [0.15, 0.2) is 140 Å². The second-order valence-electron chi connectivity index (χ2n) is 8.42. The second-order valence-corrected chi connectivity index (χ2v) is 11.5. The number of para-hydroxylation sites is 3. The molecule has 0 spiro atoms. The maximum atomic E-state index is 14.0. The molecule has 0 aliphatic rings. The van der Waals surface area contributed by atoms with Crippen molar-refractivity contribution in [1.29, 1.82) is 0 Å². The molecule has 43 heavy (non-hydrogen) atoms. The van der Waals surface area contributed by atoms with Gasteiger partial charge in [0.2, 0.25) is 0 Å². The van der Waals surface area contributed by atoms with Crippen molar-refractivity contribution in [3.05, 3.63) is 140 Å². The Bertz CT molecular complexity index is 1620. The Hall–Kier alpha value is -4.87. The van der Waals surface area contributed by atoms with E-state index < -0.39 is 24.3 Å². The quantitative estimate of drug-likeness (QED) is 0.109. The zero-order chi connectivity index (χ0) is 29.9. The minimum Gasteiger partial charge on any atom is -0.386 e. The first-order valence-corrected chi connectivity index (χ1v) is 16.3. The number of rotatable bonds is 14. The van der Waals surface area contributed by atoms with E-state index in [1.54, 1.807) is 103 Å². The normalized spacial score (nSPS) is 12.6. The van der Waals surface area contributed by atoms with E-state index in [1.165, 1.54) is 36.4 Å². The molecule has 0 aromatic heterocycles. The fraction of sp³-hybridized carbons (Fsp3) is 0. The van der Waals surface area contributed by atoms with Crippen molar-refractivity contribution >= 4 is 24.3 Å². The van der Waals surface area contributed by atoms with E-state index in [1.807, 2.05) is 0 Å². The highest BCUT2D eigenvalue weighted by Crippen LogP contribution is 2.51. The smallest absolute Gasteiger partial charge is 0.386 e. The molecule has 5 aromatic rings. The molecule has 0 heterocycles. The summed E-state index contributed by atoms with van der Waals surface area (Å²) in [5, 5.41) is 0. The van der Waals surface area contributed by atoms with Gasteiger partial charge in [0.25, 0.3) is 0 Å². The van der Waals surface area contributed by atoms with Crippen LogP contribution < -0.4 is 31.7 Å². The molecule has 5 rings (SSSR count). The van der Waals surface area contributed by atoms with Gasteiger partial charge in [-0.3, -0.25) is 0 Å². The summed E-state index contributed by atoms with van der Waals surface area (Å²) in [6.45, 7) is 0. The van der Waals surface area contributed by atoms with Crippen molar-refractivity contribution < 1.29 is 45.4 Å². The van der Waals surface area contributed by atoms with E-state index in [4.69, 9.17) is 31.7 Å². The molecule has 0 bridgehead atoms. The van der Waals surface area contributed by atoms with Gasteiger partial charge in [0.15, 0.2) is 23.0 Å². The molecule has 0 aliphatic heterocycles. The molecule has 13 heteroatoms. The molecule has 2 unspecified atom stereocenters. The average Bonchev–Trinajstić information content (AvgIpc) is 2.99. The van der Waals surface area contributed by atoms with E-state index in [0.717, 1.165) is 0 Å². The van der Waals surface area contributed by atoms with Gasteiger partial charge in [-0.2, -0.15) is 4.57 Å². The summed E-state index contributed by atoms with van der Waals surface area (Å²) in [5.41, 5.74) is 0. The average molecular weight is 636 g/mol. The fourth-order valence-corrected chi connectivity index (χ4v) is 5.91. The van der Waals surface area contributed by atoms with Gasteiger partial charge in [0, 0.05) is 21.3 Å². The lowest BCUT2D eigenvalue weighted by Crippen LogP contribution is -2.07. The Balaban J connectivity index is 1.31. The van der Waals surface area contributed by atoms with Crippen LogP contribution in [0.1, 0.15) is 0 Å². The third-order valence-corrected chi connectivity index (χ3v) is 7.95. The summed E-state index contributed by atoms with van der Waals surface area (Å²) >= 11 is 0. The molecule has 0 saturated heterocycles. The van der Waals surface area contributed by atoms with Crippen LogP contribution in [0.2, 0.25) is 0 Å². The summed E-state index contributed by atoms with van der Waals surface area (Å²) in [4.78, 5) is 0. The summed E-state index contributed by atoms with van der Waals surface area (Å²) in [6.07, 6.45) is 0. The molecule has 0 fully saturated rings. The lowest BCUT2D eigenvalue weighted by molar-refractivity contribution is 0.298. The van der Waals surface area contributed by atoms with Gasteiger partial charge in [-0.25, -0.2) is 18.1 Å². The van der Waals surface area contributed by atoms with E-state index in [9.17, 15) is 13.7 Å². The number of benzene rings is 5. The number of hydrogen-bond acceptors (Lipinski definition) is 10. The Kier molecular flexibility index (Phi) is 9.88. The highest BCUT2D eigenvalue weighted by atomic mass is 31.2. The maximum Gasteiger partial charge on any atom is 0.805 e. The lowest BCUT2D eigenvalue weighted by Gasteiger charge is -2.19. The van der Waals surface area contributed by atoms with Gasteiger partial charge in [0.1, 0.15) is 17.2 Å². The minimum atomic E-state index is -4.42. The largest absolute Gasteiger partial charge is 0.805 e. The molecule has 0 N–H and O–H groups in total. The van der Waals surface area contributed by atoms with Gasteiger partial charge in [-0.05, 0) is 60.7 Å². The van der Waals surface area contributed by atoms with Crippen molar-refractivity contribution in [3.63, 3.8) is 0 Å². The summed E-state index contributed by atoms with van der Waals surface area (Å²) in [7, 11) is -9.56. The van der Waals surface area contributed by atoms with Crippen molar-refractivity contribution in [2.75, 3.05) is 0 Å². The van der Waals surface area contributed by atoms with Crippen molar-refractivity contribution in [1.82, 2.24) is 0 Å². The lowest BCUT2D eigenvalue weighted by atomic mass is 10.3. The van der Waals surface area contributed by atoms with Gasteiger partial charge < -0.3 is 13.6 Å². The van der Waals surface area contributed by atoms with Crippen LogP contribution in [0.5, 0.6) is 40.2 Å². The van der Waals surface area contributed by atoms with E-state index in [-0.39, 0.29) is 28.7 Å². The zero-order valence-electron chi connectivity index (χ0n) is 22.2. The molecule has 10 nitrogen and oxygen atoms in total. The van der Waals surface area contributed by atoms with E-state index >= 15 is 0 Å². The van der Waals surface area contributed by atoms with Crippen LogP contribution in [0, 0.1) is 0 Å². The first-order valence-electron chi connectivity index (χ1n) is 12.6. The first-order chi connectivity index (χ1) is 20.9. The molecule has 216 valence electrons. The third kappa shape index (κ3) is 9.32. The van der Waals surface area contributed by atoms with Gasteiger partial charge >= 0.3 is 24.3 Å². The van der Waals surface area contributed by atoms with Gasteiger partial charge in [-0.15, -0.1) is 0 Å². The van der Waals surface area contributed by atoms with Crippen LogP contribution in [-0.2, 0) is 13.7 Å². The molecule has 5 aromatic carbocycles. The minimum absolute atomic E-state index is 0.0339. The topological polar surface area (TPSA) is 116 Å². The highest BCUT2D eigenvalue weighted by molar-refractivity contribution is 7.49. The molecular weight excluding hydrogens is 613 g/mol. The molecule has 0 radical (unpaired) electrons. The monoisotopic (exact) mass is 636 g/mol. The summed E-state index contributed by atoms with van der Waals surface area (Å²) in [6, 6.07) is 37.2. The van der Waals surface area contributed by atoms with E-state index in [2.05, 4.69) is 0 Å².